The minimum atomic E-state index is 0.0452. The van der Waals surface area contributed by atoms with Crippen molar-refractivity contribution in [2.45, 2.75) is 32.0 Å². The second-order valence-electron chi connectivity index (χ2n) is 4.76. The minimum absolute atomic E-state index is 0.0452. The van der Waals surface area contributed by atoms with Crippen LogP contribution in [-0.2, 0) is 4.74 Å². The van der Waals surface area contributed by atoms with E-state index in [1.165, 1.54) is 5.56 Å². The zero-order chi connectivity index (χ0) is 13.7. The van der Waals surface area contributed by atoms with E-state index < -0.39 is 0 Å². The van der Waals surface area contributed by atoms with E-state index in [-0.39, 0.29) is 18.2 Å². The lowest BCUT2D eigenvalue weighted by molar-refractivity contribution is 0.0851. The van der Waals surface area contributed by atoms with Crippen LogP contribution in [0.2, 0.25) is 0 Å². The van der Waals surface area contributed by atoms with Crippen molar-refractivity contribution in [3.63, 3.8) is 0 Å². The number of rotatable bonds is 6. The van der Waals surface area contributed by atoms with Gasteiger partial charge in [0.05, 0.1) is 18.4 Å². The van der Waals surface area contributed by atoms with Crippen molar-refractivity contribution in [2.24, 2.45) is 0 Å². The van der Waals surface area contributed by atoms with Gasteiger partial charge in [0.15, 0.2) is 0 Å². The normalized spacial score (nSPS) is 15.9. The SMILES string of the molecule is COC(C)C(C)NC(c1ccccc1)c1ccco1. The van der Waals surface area contributed by atoms with Gasteiger partial charge in [0.25, 0.3) is 0 Å². The van der Waals surface area contributed by atoms with Crippen LogP contribution in [0.25, 0.3) is 0 Å². The molecule has 1 aromatic heterocycles. The summed E-state index contributed by atoms with van der Waals surface area (Å²) in [5.41, 5.74) is 1.19. The molecule has 1 heterocycles. The highest BCUT2D eigenvalue weighted by atomic mass is 16.5. The largest absolute Gasteiger partial charge is 0.467 e. The van der Waals surface area contributed by atoms with Gasteiger partial charge < -0.3 is 9.15 Å². The van der Waals surface area contributed by atoms with E-state index in [0.29, 0.717) is 0 Å². The molecule has 0 bridgehead atoms. The van der Waals surface area contributed by atoms with E-state index >= 15 is 0 Å². The average molecular weight is 259 g/mol. The van der Waals surface area contributed by atoms with E-state index in [1.807, 2.05) is 30.3 Å². The predicted molar refractivity (Wildman–Crippen MR) is 76.1 cm³/mol. The third-order valence-corrected chi connectivity index (χ3v) is 3.47. The van der Waals surface area contributed by atoms with Crippen molar-refractivity contribution in [3.8, 4) is 0 Å². The number of hydrogen-bond donors (Lipinski definition) is 1. The average Bonchev–Trinajstić information content (AvgIpc) is 2.98. The maximum atomic E-state index is 5.56. The van der Waals surface area contributed by atoms with Crippen LogP contribution in [0, 0.1) is 0 Å². The second kappa shape index (κ2) is 6.55. The van der Waals surface area contributed by atoms with Crippen molar-refractivity contribution in [1.82, 2.24) is 5.32 Å². The Balaban J connectivity index is 2.21. The van der Waals surface area contributed by atoms with Gasteiger partial charge in [-0.05, 0) is 31.5 Å². The highest BCUT2D eigenvalue weighted by Gasteiger charge is 2.21. The Morgan fingerprint density at radius 2 is 1.79 bits per heavy atom. The second-order valence-corrected chi connectivity index (χ2v) is 4.76. The molecule has 2 aromatic rings. The Morgan fingerprint density at radius 3 is 2.37 bits per heavy atom. The van der Waals surface area contributed by atoms with Gasteiger partial charge in [-0.1, -0.05) is 30.3 Å². The van der Waals surface area contributed by atoms with Crippen LogP contribution in [0.4, 0.5) is 0 Å². The molecule has 0 saturated heterocycles. The highest BCUT2D eigenvalue weighted by Crippen LogP contribution is 2.23. The lowest BCUT2D eigenvalue weighted by Gasteiger charge is -2.25. The minimum Gasteiger partial charge on any atom is -0.467 e. The van der Waals surface area contributed by atoms with E-state index in [1.54, 1.807) is 13.4 Å². The summed E-state index contributed by atoms with van der Waals surface area (Å²) < 4.78 is 10.9. The van der Waals surface area contributed by atoms with Crippen molar-refractivity contribution in [3.05, 3.63) is 60.1 Å². The first kappa shape index (κ1) is 13.8. The molecule has 2 rings (SSSR count). The molecule has 0 radical (unpaired) electrons. The number of methoxy groups -OCH3 is 1. The van der Waals surface area contributed by atoms with E-state index in [0.717, 1.165) is 5.76 Å². The Labute approximate surface area is 114 Å². The van der Waals surface area contributed by atoms with Gasteiger partial charge >= 0.3 is 0 Å². The van der Waals surface area contributed by atoms with E-state index in [9.17, 15) is 0 Å². The van der Waals surface area contributed by atoms with Crippen LogP contribution in [0.1, 0.15) is 31.2 Å². The first-order valence-electron chi connectivity index (χ1n) is 6.59. The number of hydrogen-bond acceptors (Lipinski definition) is 3. The van der Waals surface area contributed by atoms with Gasteiger partial charge in [0.2, 0.25) is 0 Å². The van der Waals surface area contributed by atoms with Crippen LogP contribution in [0.5, 0.6) is 0 Å². The Hall–Kier alpha value is -1.58. The third kappa shape index (κ3) is 3.46. The summed E-state index contributed by atoms with van der Waals surface area (Å²) in [6, 6.07) is 14.5. The third-order valence-electron chi connectivity index (χ3n) is 3.47. The van der Waals surface area contributed by atoms with E-state index in [4.69, 9.17) is 9.15 Å². The van der Waals surface area contributed by atoms with Gasteiger partial charge in [-0.15, -0.1) is 0 Å². The zero-order valence-electron chi connectivity index (χ0n) is 11.7. The molecule has 1 aromatic carbocycles. The van der Waals surface area contributed by atoms with Gasteiger partial charge in [-0.2, -0.15) is 0 Å². The summed E-state index contributed by atoms with van der Waals surface area (Å²) in [7, 11) is 1.73. The molecule has 0 aliphatic heterocycles. The lowest BCUT2D eigenvalue weighted by Crippen LogP contribution is -2.39. The number of benzene rings is 1. The Bertz CT molecular complexity index is 467. The molecule has 0 fully saturated rings. The molecule has 3 nitrogen and oxygen atoms in total. The first-order valence-corrected chi connectivity index (χ1v) is 6.59. The van der Waals surface area contributed by atoms with E-state index in [2.05, 4.69) is 31.3 Å². The number of furan rings is 1. The molecule has 0 aliphatic carbocycles. The molecule has 3 heteroatoms. The number of nitrogens with one attached hydrogen (secondary N) is 1. The zero-order valence-corrected chi connectivity index (χ0v) is 11.7. The standard InChI is InChI=1S/C16H21NO2/c1-12(13(2)18-3)17-16(15-10-7-11-19-15)14-8-5-4-6-9-14/h4-13,16-17H,1-3H3. The molecular weight excluding hydrogens is 238 g/mol. The summed E-state index contributed by atoms with van der Waals surface area (Å²) >= 11 is 0. The Morgan fingerprint density at radius 1 is 1.05 bits per heavy atom. The van der Waals surface area contributed by atoms with Crippen molar-refractivity contribution in [2.75, 3.05) is 7.11 Å². The number of ether oxygens (including phenoxy) is 1. The quantitative estimate of drug-likeness (QED) is 0.863. The monoisotopic (exact) mass is 259 g/mol. The molecule has 0 amide bonds. The molecule has 19 heavy (non-hydrogen) atoms. The maximum absolute atomic E-state index is 5.56. The van der Waals surface area contributed by atoms with Crippen LogP contribution in [-0.4, -0.2) is 19.3 Å². The van der Waals surface area contributed by atoms with Crippen LogP contribution >= 0.6 is 0 Å². The van der Waals surface area contributed by atoms with Crippen LogP contribution < -0.4 is 5.32 Å². The lowest BCUT2D eigenvalue weighted by atomic mass is 10.0. The summed E-state index contributed by atoms with van der Waals surface area (Å²) in [5.74, 6) is 0.918. The molecule has 0 saturated carbocycles. The molecule has 102 valence electrons. The van der Waals surface area contributed by atoms with Crippen molar-refractivity contribution >= 4 is 0 Å². The molecule has 1 N–H and O–H groups in total. The summed E-state index contributed by atoms with van der Waals surface area (Å²) in [5, 5.41) is 3.57. The summed E-state index contributed by atoms with van der Waals surface area (Å²) in [4.78, 5) is 0. The summed E-state index contributed by atoms with van der Waals surface area (Å²) in [6.45, 7) is 4.18. The van der Waals surface area contributed by atoms with Gasteiger partial charge in [0, 0.05) is 13.2 Å². The molecule has 0 aliphatic rings. The predicted octanol–water partition coefficient (Wildman–Crippen LogP) is 3.38. The smallest absolute Gasteiger partial charge is 0.125 e. The first-order chi connectivity index (χ1) is 9.22. The van der Waals surface area contributed by atoms with Gasteiger partial charge in [-0.25, -0.2) is 0 Å². The topological polar surface area (TPSA) is 34.4 Å². The fraction of sp³-hybridized carbons (Fsp3) is 0.375. The highest BCUT2D eigenvalue weighted by molar-refractivity contribution is 5.26. The van der Waals surface area contributed by atoms with Crippen LogP contribution in [0.15, 0.2) is 53.1 Å². The fourth-order valence-corrected chi connectivity index (χ4v) is 2.05. The Kier molecular flexibility index (Phi) is 4.77. The molecule has 3 unspecified atom stereocenters. The maximum Gasteiger partial charge on any atom is 0.125 e. The molecular formula is C16H21NO2. The van der Waals surface area contributed by atoms with Gasteiger partial charge in [0.1, 0.15) is 5.76 Å². The summed E-state index contributed by atoms with van der Waals surface area (Å²) in [6.07, 6.45) is 1.85. The molecule has 3 atom stereocenters. The fourth-order valence-electron chi connectivity index (χ4n) is 2.05. The van der Waals surface area contributed by atoms with Crippen LogP contribution in [0.3, 0.4) is 0 Å². The molecule has 0 spiro atoms. The van der Waals surface area contributed by atoms with Gasteiger partial charge in [-0.3, -0.25) is 5.32 Å². The van der Waals surface area contributed by atoms with Crippen molar-refractivity contribution in [1.29, 1.82) is 0 Å². The van der Waals surface area contributed by atoms with Crippen molar-refractivity contribution < 1.29 is 9.15 Å².